The molecule has 1 aromatic rings. The van der Waals surface area contributed by atoms with E-state index in [2.05, 4.69) is 17.2 Å². The molecule has 146 valence electrons. The molecule has 1 unspecified atom stereocenters. The molecule has 26 heavy (non-hydrogen) atoms. The summed E-state index contributed by atoms with van der Waals surface area (Å²) in [7, 11) is 1.67. The van der Waals surface area contributed by atoms with Gasteiger partial charge in [0.15, 0.2) is 11.7 Å². The Morgan fingerprint density at radius 1 is 1.35 bits per heavy atom. The quantitative estimate of drug-likeness (QED) is 0.387. The Kier molecular flexibility index (Phi) is 8.12. The first-order chi connectivity index (χ1) is 12.1. The van der Waals surface area contributed by atoms with Crippen LogP contribution in [-0.4, -0.2) is 38.1 Å². The molecule has 0 radical (unpaired) electrons. The molecule has 7 heteroatoms. The molecule has 1 saturated carbocycles. The largest absolute Gasteiger partial charge is 0.380 e. The maximum atomic E-state index is 6.17. The molecule has 1 aromatic carbocycles. The van der Waals surface area contributed by atoms with Crippen molar-refractivity contribution in [3.8, 4) is 0 Å². The summed E-state index contributed by atoms with van der Waals surface area (Å²) in [5.74, 6) is 0.771. The van der Waals surface area contributed by atoms with Gasteiger partial charge in [0.05, 0.1) is 19.8 Å². The number of anilines is 1. The lowest BCUT2D eigenvalue weighted by molar-refractivity contribution is -0.190. The fourth-order valence-electron chi connectivity index (χ4n) is 3.47. The molecule has 2 fully saturated rings. The first-order valence-electron chi connectivity index (χ1n) is 9.06. The summed E-state index contributed by atoms with van der Waals surface area (Å²) >= 11 is 0. The summed E-state index contributed by atoms with van der Waals surface area (Å²) in [4.78, 5) is 4.43. The Balaban J connectivity index is 0.00000243. The van der Waals surface area contributed by atoms with Crippen molar-refractivity contribution < 1.29 is 14.2 Å². The Labute approximate surface area is 172 Å². The average molecular weight is 475 g/mol. The second-order valence-corrected chi connectivity index (χ2v) is 7.09. The van der Waals surface area contributed by atoms with E-state index in [9.17, 15) is 0 Å². The van der Waals surface area contributed by atoms with Crippen LogP contribution in [0.1, 0.15) is 38.2 Å². The van der Waals surface area contributed by atoms with Gasteiger partial charge in [-0.15, -0.1) is 24.0 Å². The van der Waals surface area contributed by atoms with Crippen LogP contribution in [0.25, 0.3) is 0 Å². The van der Waals surface area contributed by atoms with Crippen LogP contribution in [0.3, 0.4) is 0 Å². The Morgan fingerprint density at radius 3 is 2.81 bits per heavy atom. The van der Waals surface area contributed by atoms with Gasteiger partial charge in [0.1, 0.15) is 6.10 Å². The van der Waals surface area contributed by atoms with Gasteiger partial charge in [-0.05, 0) is 24.8 Å². The van der Waals surface area contributed by atoms with E-state index in [1.165, 1.54) is 0 Å². The van der Waals surface area contributed by atoms with Crippen molar-refractivity contribution in [2.24, 2.45) is 16.6 Å². The van der Waals surface area contributed by atoms with Gasteiger partial charge < -0.3 is 25.3 Å². The number of methoxy groups -OCH3 is 1. The molecule has 3 rings (SSSR count). The third-order valence-corrected chi connectivity index (χ3v) is 5.00. The fourth-order valence-corrected chi connectivity index (χ4v) is 3.47. The molecule has 1 saturated heterocycles. The lowest BCUT2D eigenvalue weighted by Gasteiger charge is -2.34. The van der Waals surface area contributed by atoms with Crippen LogP contribution in [-0.2, 0) is 20.8 Å². The molecule has 1 aliphatic heterocycles. The number of ether oxygens (including phenoxy) is 3. The third-order valence-electron chi connectivity index (χ3n) is 5.00. The molecule has 1 aliphatic carbocycles. The van der Waals surface area contributed by atoms with Gasteiger partial charge in [0, 0.05) is 31.2 Å². The van der Waals surface area contributed by atoms with E-state index in [1.807, 2.05) is 24.3 Å². The van der Waals surface area contributed by atoms with Crippen molar-refractivity contribution >= 4 is 35.6 Å². The SMILES string of the molecule is COCc1ccccc1NC(N)=NCC1COC2(CCC(C)CC2)O1.I. The predicted octanol–water partition coefficient (Wildman–Crippen LogP) is 3.50. The second-order valence-electron chi connectivity index (χ2n) is 7.09. The normalized spacial score (nSPS) is 28.8. The van der Waals surface area contributed by atoms with Gasteiger partial charge >= 0.3 is 0 Å². The minimum Gasteiger partial charge on any atom is -0.380 e. The molecular weight excluding hydrogens is 445 g/mol. The summed E-state index contributed by atoms with van der Waals surface area (Å²) in [5.41, 5.74) is 7.99. The van der Waals surface area contributed by atoms with Crippen LogP contribution < -0.4 is 11.1 Å². The highest BCUT2D eigenvalue weighted by Crippen LogP contribution is 2.39. The van der Waals surface area contributed by atoms with Gasteiger partial charge in [-0.3, -0.25) is 4.99 Å². The van der Waals surface area contributed by atoms with Gasteiger partial charge in [-0.2, -0.15) is 0 Å². The lowest BCUT2D eigenvalue weighted by atomic mass is 9.86. The van der Waals surface area contributed by atoms with Crippen LogP contribution in [0.15, 0.2) is 29.3 Å². The van der Waals surface area contributed by atoms with Crippen LogP contribution >= 0.6 is 24.0 Å². The molecule has 0 amide bonds. The molecule has 0 bridgehead atoms. The molecule has 0 aromatic heterocycles. The maximum Gasteiger partial charge on any atom is 0.193 e. The van der Waals surface area contributed by atoms with Gasteiger partial charge in [0.2, 0.25) is 0 Å². The van der Waals surface area contributed by atoms with E-state index in [1.54, 1.807) is 7.11 Å². The highest BCUT2D eigenvalue weighted by molar-refractivity contribution is 14.0. The summed E-state index contributed by atoms with van der Waals surface area (Å²) in [6.07, 6.45) is 4.26. The summed E-state index contributed by atoms with van der Waals surface area (Å²) < 4.78 is 17.3. The minimum atomic E-state index is -0.375. The van der Waals surface area contributed by atoms with E-state index < -0.39 is 0 Å². The smallest absolute Gasteiger partial charge is 0.193 e. The van der Waals surface area contributed by atoms with Gasteiger partial charge in [0.25, 0.3) is 0 Å². The number of para-hydroxylation sites is 1. The fraction of sp³-hybridized carbons (Fsp3) is 0.632. The highest BCUT2D eigenvalue weighted by atomic mass is 127. The van der Waals surface area contributed by atoms with Crippen LogP contribution in [0.5, 0.6) is 0 Å². The molecule has 1 heterocycles. The number of rotatable bonds is 5. The molecule has 2 aliphatic rings. The van der Waals surface area contributed by atoms with E-state index in [4.69, 9.17) is 19.9 Å². The number of nitrogens with one attached hydrogen (secondary N) is 1. The molecule has 6 nitrogen and oxygen atoms in total. The number of nitrogens with zero attached hydrogens (tertiary/aromatic N) is 1. The number of hydrogen-bond acceptors (Lipinski definition) is 4. The maximum absolute atomic E-state index is 6.17. The average Bonchev–Trinajstić information content (AvgIpc) is 3.01. The third kappa shape index (κ3) is 5.55. The van der Waals surface area contributed by atoms with Crippen LogP contribution in [0, 0.1) is 5.92 Å². The van der Waals surface area contributed by atoms with Crippen molar-refractivity contribution in [1.29, 1.82) is 0 Å². The summed E-state index contributed by atoms with van der Waals surface area (Å²) in [5, 5.41) is 3.15. The predicted molar refractivity (Wildman–Crippen MR) is 114 cm³/mol. The number of nitrogens with two attached hydrogens (primary N) is 1. The van der Waals surface area contributed by atoms with Crippen molar-refractivity contribution in [3.05, 3.63) is 29.8 Å². The number of halogens is 1. The number of hydrogen-bond donors (Lipinski definition) is 2. The van der Waals surface area contributed by atoms with E-state index in [0.717, 1.165) is 42.9 Å². The Bertz CT molecular complexity index is 603. The first-order valence-corrected chi connectivity index (χ1v) is 9.06. The lowest BCUT2D eigenvalue weighted by Crippen LogP contribution is -2.35. The van der Waals surface area contributed by atoms with E-state index >= 15 is 0 Å². The Hall–Kier alpha value is -0.900. The zero-order valence-electron chi connectivity index (χ0n) is 15.6. The first kappa shape index (κ1) is 21.4. The Morgan fingerprint density at radius 2 is 2.08 bits per heavy atom. The standard InChI is InChI=1S/C19H29N3O3.HI/c1-14-7-9-19(10-8-14)24-13-16(25-19)11-21-18(20)22-17-6-4-3-5-15(17)12-23-2;/h3-6,14,16H,7-13H2,1-2H3,(H3,20,21,22);1H. The van der Waals surface area contributed by atoms with E-state index in [-0.39, 0.29) is 35.9 Å². The van der Waals surface area contributed by atoms with E-state index in [0.29, 0.717) is 25.7 Å². The van der Waals surface area contributed by atoms with Crippen LogP contribution in [0.2, 0.25) is 0 Å². The monoisotopic (exact) mass is 475 g/mol. The van der Waals surface area contributed by atoms with Crippen molar-refractivity contribution in [3.63, 3.8) is 0 Å². The number of aliphatic imine (C=N–C) groups is 1. The summed E-state index contributed by atoms with van der Waals surface area (Å²) in [6.45, 7) is 3.91. The van der Waals surface area contributed by atoms with Crippen molar-refractivity contribution in [2.75, 3.05) is 25.6 Å². The van der Waals surface area contributed by atoms with Crippen molar-refractivity contribution in [2.45, 2.75) is 51.1 Å². The second kappa shape index (κ2) is 9.87. The zero-order chi connectivity index (χ0) is 17.7. The summed E-state index contributed by atoms with van der Waals surface area (Å²) in [6, 6.07) is 7.89. The minimum absolute atomic E-state index is 0. The number of guanidine groups is 1. The number of benzene rings is 1. The van der Waals surface area contributed by atoms with Crippen LogP contribution in [0.4, 0.5) is 5.69 Å². The molecule has 3 N–H and O–H groups in total. The van der Waals surface area contributed by atoms with Crippen molar-refractivity contribution in [1.82, 2.24) is 0 Å². The topological polar surface area (TPSA) is 78.1 Å². The highest BCUT2D eigenvalue weighted by Gasteiger charge is 2.43. The molecule has 1 atom stereocenters. The molecular formula is C19H30IN3O3. The zero-order valence-corrected chi connectivity index (χ0v) is 17.9. The van der Waals surface area contributed by atoms with Gasteiger partial charge in [-0.1, -0.05) is 25.1 Å². The van der Waals surface area contributed by atoms with Gasteiger partial charge in [-0.25, -0.2) is 0 Å². The molecule has 1 spiro atoms.